The minimum Gasteiger partial charge on any atom is -0.482 e. The molecule has 0 aliphatic carbocycles. The summed E-state index contributed by atoms with van der Waals surface area (Å²) in [5, 5.41) is 6.86. The summed E-state index contributed by atoms with van der Waals surface area (Å²) in [5.41, 5.74) is 2.58. The molecule has 0 spiro atoms. The summed E-state index contributed by atoms with van der Waals surface area (Å²) in [4.78, 5) is 24.3. The van der Waals surface area contributed by atoms with Crippen molar-refractivity contribution in [1.29, 1.82) is 0 Å². The zero-order chi connectivity index (χ0) is 24.3. The van der Waals surface area contributed by atoms with Gasteiger partial charge in [0.15, 0.2) is 5.75 Å². The van der Waals surface area contributed by atoms with E-state index in [2.05, 4.69) is 47.9 Å². The molecule has 0 aliphatic heterocycles. The second-order valence-electron chi connectivity index (χ2n) is 9.47. The van der Waals surface area contributed by atoms with E-state index in [0.717, 1.165) is 16.8 Å². The normalized spacial score (nSPS) is 13.4. The Kier molecular flexibility index (Phi) is 6.66. The van der Waals surface area contributed by atoms with Crippen molar-refractivity contribution in [3.8, 4) is 5.75 Å². The van der Waals surface area contributed by atoms with Crippen molar-refractivity contribution in [2.24, 2.45) is 0 Å². The fourth-order valence-electron chi connectivity index (χ4n) is 3.95. The molecule has 34 heavy (non-hydrogen) atoms. The van der Waals surface area contributed by atoms with Gasteiger partial charge in [-0.1, -0.05) is 72.8 Å². The molecule has 0 bridgehead atoms. The number of nitrogens with one attached hydrogen (secondary N) is 2. The highest BCUT2D eigenvalue weighted by molar-refractivity contribution is 5.70. The Morgan fingerprint density at radius 3 is 1.94 bits per heavy atom. The Bertz CT molecular complexity index is 1320. The van der Waals surface area contributed by atoms with Crippen molar-refractivity contribution in [3.63, 3.8) is 0 Å². The van der Waals surface area contributed by atoms with Crippen LogP contribution < -0.4 is 26.2 Å². The minimum absolute atomic E-state index is 0.0730. The lowest BCUT2D eigenvalue weighted by atomic mass is 9.96. The van der Waals surface area contributed by atoms with Gasteiger partial charge in [-0.25, -0.2) is 0 Å². The van der Waals surface area contributed by atoms with E-state index in [9.17, 15) is 9.59 Å². The summed E-state index contributed by atoms with van der Waals surface area (Å²) in [6, 6.07) is 28.5. The van der Waals surface area contributed by atoms with Gasteiger partial charge >= 0.3 is 0 Å². The van der Waals surface area contributed by atoms with Crippen LogP contribution >= 0.6 is 0 Å². The molecule has 0 aliphatic rings. The van der Waals surface area contributed by atoms with Gasteiger partial charge in [-0.15, -0.1) is 0 Å². The minimum atomic E-state index is -0.589. The van der Waals surface area contributed by atoms with Crippen molar-refractivity contribution in [3.05, 3.63) is 122 Å². The maximum atomic E-state index is 12.2. The highest BCUT2D eigenvalue weighted by Crippen LogP contribution is 2.30. The number of hydrogen-bond acceptors (Lipinski definition) is 5. The van der Waals surface area contributed by atoms with E-state index in [0.29, 0.717) is 0 Å². The molecule has 0 aromatic heterocycles. The molecule has 0 amide bonds. The second kappa shape index (κ2) is 9.65. The average molecular weight is 455 g/mol. The van der Waals surface area contributed by atoms with Crippen LogP contribution in [0.25, 0.3) is 0 Å². The van der Waals surface area contributed by atoms with E-state index in [1.807, 2.05) is 75.4 Å². The van der Waals surface area contributed by atoms with Gasteiger partial charge in [0.25, 0.3) is 10.9 Å². The van der Waals surface area contributed by atoms with E-state index in [1.165, 1.54) is 5.56 Å². The van der Waals surface area contributed by atoms with Gasteiger partial charge in [-0.2, -0.15) is 0 Å². The molecule has 0 radical (unpaired) electrons. The van der Waals surface area contributed by atoms with Gasteiger partial charge in [0.05, 0.1) is 6.04 Å². The topological polar surface area (TPSA) is 67.4 Å². The Labute approximate surface area is 200 Å². The molecule has 4 aromatic carbocycles. The monoisotopic (exact) mass is 454 g/mol. The zero-order valence-electron chi connectivity index (χ0n) is 20.0. The van der Waals surface area contributed by atoms with E-state index in [4.69, 9.17) is 4.74 Å². The first-order chi connectivity index (χ1) is 16.2. The summed E-state index contributed by atoms with van der Waals surface area (Å²) in [7, 11) is 0. The first kappa shape index (κ1) is 23.5. The number of anilines is 2. The van der Waals surface area contributed by atoms with Crippen LogP contribution in [-0.4, -0.2) is 5.60 Å². The molecule has 2 N–H and O–H groups in total. The third-order valence-electron chi connectivity index (χ3n) is 5.61. The quantitative estimate of drug-likeness (QED) is 0.337. The summed E-state index contributed by atoms with van der Waals surface area (Å²) in [6.45, 7) is 7.68. The lowest BCUT2D eigenvalue weighted by Gasteiger charge is -2.26. The van der Waals surface area contributed by atoms with Crippen LogP contribution in [0.5, 0.6) is 5.75 Å². The maximum absolute atomic E-state index is 12.2. The summed E-state index contributed by atoms with van der Waals surface area (Å²) >= 11 is 0. The van der Waals surface area contributed by atoms with Crippen LogP contribution in [0.3, 0.4) is 0 Å². The van der Waals surface area contributed by atoms with Crippen molar-refractivity contribution in [1.82, 2.24) is 5.32 Å². The van der Waals surface area contributed by atoms with Gasteiger partial charge in [-0.3, -0.25) is 14.9 Å². The smallest absolute Gasteiger partial charge is 0.272 e. The van der Waals surface area contributed by atoms with Crippen LogP contribution in [0.1, 0.15) is 56.5 Å². The van der Waals surface area contributed by atoms with Crippen LogP contribution in [0.15, 0.2) is 94.5 Å². The Morgan fingerprint density at radius 1 is 0.735 bits per heavy atom. The third kappa shape index (κ3) is 5.26. The molecule has 1 unspecified atom stereocenters. The van der Waals surface area contributed by atoms with Crippen LogP contribution in [0.4, 0.5) is 11.4 Å². The summed E-state index contributed by atoms with van der Waals surface area (Å²) < 4.78 is 5.72. The van der Waals surface area contributed by atoms with E-state index >= 15 is 0 Å². The molecule has 0 saturated heterocycles. The molecule has 5 nitrogen and oxygen atoms in total. The molecule has 0 heterocycles. The van der Waals surface area contributed by atoms with Crippen molar-refractivity contribution >= 4 is 11.4 Å². The standard InChI is InChI=1S/C29H30N2O3/c1-19(20-12-7-5-8-13-20)30-24(21-14-9-6-10-15-21)22-16-11-17-23(18-22)31-25-26(32)27(33)28(25)34-29(2,3)4/h5-19,24,30-31H,1-4H3/t19-,24?/m0/s1. The van der Waals surface area contributed by atoms with E-state index in [1.54, 1.807) is 0 Å². The lowest BCUT2D eigenvalue weighted by Crippen LogP contribution is -2.39. The van der Waals surface area contributed by atoms with Crippen molar-refractivity contribution in [2.75, 3.05) is 5.32 Å². The van der Waals surface area contributed by atoms with Gasteiger partial charge in [0, 0.05) is 11.7 Å². The fraction of sp³-hybridized carbons (Fsp3) is 0.241. The number of hydrogen-bond donors (Lipinski definition) is 2. The summed E-state index contributed by atoms with van der Waals surface area (Å²) in [5.74, 6) is 0.0957. The molecule has 0 saturated carbocycles. The third-order valence-corrected chi connectivity index (χ3v) is 5.61. The van der Waals surface area contributed by atoms with E-state index in [-0.39, 0.29) is 23.5 Å². The largest absolute Gasteiger partial charge is 0.482 e. The predicted octanol–water partition coefficient (Wildman–Crippen LogP) is 5.64. The first-order valence-electron chi connectivity index (χ1n) is 11.5. The highest BCUT2D eigenvalue weighted by atomic mass is 16.5. The van der Waals surface area contributed by atoms with Crippen LogP contribution in [0, 0.1) is 0 Å². The van der Waals surface area contributed by atoms with Gasteiger partial charge < -0.3 is 10.1 Å². The van der Waals surface area contributed by atoms with Gasteiger partial charge in [0.2, 0.25) is 0 Å². The molecule has 5 heteroatoms. The highest BCUT2D eigenvalue weighted by Gasteiger charge is 2.27. The maximum Gasteiger partial charge on any atom is 0.272 e. The molecular weight excluding hydrogens is 424 g/mol. The average Bonchev–Trinajstić information content (AvgIpc) is 2.85. The molecule has 2 atom stereocenters. The molecule has 0 fully saturated rings. The fourth-order valence-corrected chi connectivity index (χ4v) is 3.95. The number of rotatable bonds is 8. The zero-order valence-corrected chi connectivity index (χ0v) is 20.0. The lowest BCUT2D eigenvalue weighted by molar-refractivity contribution is 0.128. The Hall–Kier alpha value is -3.70. The molecule has 4 rings (SSSR count). The van der Waals surface area contributed by atoms with Gasteiger partial charge in [-0.05, 0) is 56.5 Å². The second-order valence-corrected chi connectivity index (χ2v) is 9.47. The SMILES string of the molecule is C[C@H](NC(c1ccccc1)c1cccc(Nc2c(OC(C)(C)C)c(=O)c2=O)c1)c1ccccc1. The van der Waals surface area contributed by atoms with E-state index < -0.39 is 16.5 Å². The molecule has 4 aromatic rings. The Balaban J connectivity index is 1.64. The van der Waals surface area contributed by atoms with Crippen molar-refractivity contribution < 1.29 is 4.74 Å². The van der Waals surface area contributed by atoms with Crippen LogP contribution in [0.2, 0.25) is 0 Å². The van der Waals surface area contributed by atoms with Crippen LogP contribution in [-0.2, 0) is 0 Å². The summed E-state index contributed by atoms with van der Waals surface area (Å²) in [6.07, 6.45) is 0. The van der Waals surface area contributed by atoms with Crippen molar-refractivity contribution in [2.45, 2.75) is 45.4 Å². The number of benzene rings is 3. The van der Waals surface area contributed by atoms with Gasteiger partial charge in [0.1, 0.15) is 11.3 Å². The molecular formula is C29H30N2O3. The Morgan fingerprint density at radius 2 is 1.32 bits per heavy atom. The predicted molar refractivity (Wildman–Crippen MR) is 138 cm³/mol. The number of ether oxygens (including phenoxy) is 1. The first-order valence-corrected chi connectivity index (χ1v) is 11.5. The molecule has 174 valence electrons.